The van der Waals surface area contributed by atoms with E-state index in [4.69, 9.17) is 11.6 Å². The van der Waals surface area contributed by atoms with Crippen LogP contribution in [-0.2, 0) is 21.2 Å². The molecule has 156 valence electrons. The molecule has 0 aliphatic heterocycles. The third kappa shape index (κ3) is 5.62. The van der Waals surface area contributed by atoms with Crippen molar-refractivity contribution < 1.29 is 13.2 Å². The van der Waals surface area contributed by atoms with Gasteiger partial charge >= 0.3 is 0 Å². The van der Waals surface area contributed by atoms with Crippen molar-refractivity contribution in [2.75, 3.05) is 10.0 Å². The van der Waals surface area contributed by atoms with Gasteiger partial charge < -0.3 is 5.32 Å². The van der Waals surface area contributed by atoms with Crippen LogP contribution in [0.2, 0.25) is 5.02 Å². The van der Waals surface area contributed by atoms with Gasteiger partial charge in [-0.15, -0.1) is 0 Å². The van der Waals surface area contributed by atoms with Crippen LogP contribution in [0.1, 0.15) is 23.1 Å². The molecule has 0 aromatic heterocycles. The Morgan fingerprint density at radius 3 is 2.23 bits per heavy atom. The number of aryl methyl sites for hydroxylation is 3. The second kappa shape index (κ2) is 9.32. The maximum atomic E-state index is 12.6. The molecule has 0 unspecified atom stereocenters. The topological polar surface area (TPSA) is 75.3 Å². The summed E-state index contributed by atoms with van der Waals surface area (Å²) in [5, 5.41) is 3.41. The van der Waals surface area contributed by atoms with E-state index in [1.165, 1.54) is 12.1 Å². The van der Waals surface area contributed by atoms with Crippen molar-refractivity contribution in [2.45, 2.75) is 31.6 Å². The first kappa shape index (κ1) is 21.9. The van der Waals surface area contributed by atoms with Crippen molar-refractivity contribution in [1.82, 2.24) is 0 Å². The SMILES string of the molecule is Cc1ccc(NS(=O)(=O)c2ccc(NC(=O)CCc3ccccc3Cl)cc2)cc1C. The molecule has 3 aromatic rings. The van der Waals surface area contributed by atoms with Crippen molar-refractivity contribution in [3.8, 4) is 0 Å². The van der Waals surface area contributed by atoms with Gasteiger partial charge in [0.05, 0.1) is 4.90 Å². The minimum absolute atomic E-state index is 0.120. The number of carbonyl (C=O) groups excluding carboxylic acids is 1. The third-order valence-electron chi connectivity index (χ3n) is 4.79. The van der Waals surface area contributed by atoms with Crippen LogP contribution in [0.15, 0.2) is 71.6 Å². The molecule has 2 N–H and O–H groups in total. The first-order valence-corrected chi connectivity index (χ1v) is 11.3. The zero-order valence-electron chi connectivity index (χ0n) is 16.8. The van der Waals surface area contributed by atoms with Crippen molar-refractivity contribution in [2.24, 2.45) is 0 Å². The lowest BCUT2D eigenvalue weighted by Gasteiger charge is -2.11. The number of carbonyl (C=O) groups is 1. The van der Waals surface area contributed by atoms with Crippen molar-refractivity contribution in [1.29, 1.82) is 0 Å². The van der Waals surface area contributed by atoms with Gasteiger partial charge in [-0.25, -0.2) is 8.42 Å². The van der Waals surface area contributed by atoms with Gasteiger partial charge in [0.25, 0.3) is 10.0 Å². The van der Waals surface area contributed by atoms with Crippen LogP contribution in [-0.4, -0.2) is 14.3 Å². The summed E-state index contributed by atoms with van der Waals surface area (Å²) >= 11 is 6.11. The molecule has 0 saturated heterocycles. The Kier molecular flexibility index (Phi) is 6.80. The average molecular weight is 443 g/mol. The molecule has 7 heteroatoms. The van der Waals surface area contributed by atoms with E-state index in [0.29, 0.717) is 22.8 Å². The summed E-state index contributed by atoms with van der Waals surface area (Å²) in [6, 6.07) is 18.9. The molecule has 1 amide bonds. The second-order valence-electron chi connectivity index (χ2n) is 7.07. The third-order valence-corrected chi connectivity index (χ3v) is 6.55. The van der Waals surface area contributed by atoms with Gasteiger partial charge in [-0.1, -0.05) is 35.9 Å². The molecule has 5 nitrogen and oxygen atoms in total. The van der Waals surface area contributed by atoms with E-state index < -0.39 is 10.0 Å². The number of rotatable bonds is 7. The molecule has 3 rings (SSSR count). The number of anilines is 2. The van der Waals surface area contributed by atoms with E-state index in [1.54, 1.807) is 30.3 Å². The van der Waals surface area contributed by atoms with E-state index in [2.05, 4.69) is 10.0 Å². The van der Waals surface area contributed by atoms with Gasteiger partial charge in [0.2, 0.25) is 5.91 Å². The molecule has 0 aliphatic carbocycles. The predicted octanol–water partition coefficient (Wildman–Crippen LogP) is 5.33. The van der Waals surface area contributed by atoms with Gasteiger partial charge in [0.15, 0.2) is 0 Å². The Morgan fingerprint density at radius 1 is 0.900 bits per heavy atom. The fourth-order valence-corrected chi connectivity index (χ4v) is 4.19. The Bertz CT molecular complexity index is 1160. The highest BCUT2D eigenvalue weighted by molar-refractivity contribution is 7.92. The maximum absolute atomic E-state index is 12.6. The van der Waals surface area contributed by atoms with Gasteiger partial charge in [-0.2, -0.15) is 0 Å². The number of nitrogens with one attached hydrogen (secondary N) is 2. The van der Waals surface area contributed by atoms with Crippen LogP contribution in [0.25, 0.3) is 0 Å². The smallest absolute Gasteiger partial charge is 0.261 e. The monoisotopic (exact) mass is 442 g/mol. The summed E-state index contributed by atoms with van der Waals surface area (Å²) < 4.78 is 27.8. The lowest BCUT2D eigenvalue weighted by atomic mass is 10.1. The first-order chi connectivity index (χ1) is 14.2. The van der Waals surface area contributed by atoms with Crippen molar-refractivity contribution in [3.05, 3.63) is 88.4 Å². The molecular weight excluding hydrogens is 420 g/mol. The quantitative estimate of drug-likeness (QED) is 0.519. The number of benzene rings is 3. The molecule has 0 radical (unpaired) electrons. The van der Waals surface area contributed by atoms with Gasteiger partial charge in [0.1, 0.15) is 0 Å². The number of hydrogen-bond acceptors (Lipinski definition) is 3. The molecule has 0 saturated carbocycles. The molecule has 0 heterocycles. The highest BCUT2D eigenvalue weighted by atomic mass is 35.5. The Labute approximate surface area is 182 Å². The minimum Gasteiger partial charge on any atom is -0.326 e. The molecule has 30 heavy (non-hydrogen) atoms. The van der Waals surface area contributed by atoms with E-state index in [0.717, 1.165) is 16.7 Å². The second-order valence-corrected chi connectivity index (χ2v) is 9.16. The summed E-state index contributed by atoms with van der Waals surface area (Å²) in [7, 11) is -3.72. The standard InChI is InChI=1S/C23H23ClN2O3S/c1-16-7-9-20(15-17(16)2)26-30(28,29)21-12-10-19(11-13-21)25-23(27)14-8-18-5-3-4-6-22(18)24/h3-7,9-13,15,26H,8,14H2,1-2H3,(H,25,27). The van der Waals surface area contributed by atoms with E-state index in [1.807, 2.05) is 38.1 Å². The molecule has 0 fully saturated rings. The Hall–Kier alpha value is -2.83. The fourth-order valence-electron chi connectivity index (χ4n) is 2.91. The van der Waals surface area contributed by atoms with Crippen molar-refractivity contribution >= 4 is 38.9 Å². The normalized spacial score (nSPS) is 11.2. The van der Waals surface area contributed by atoms with Crippen LogP contribution >= 0.6 is 11.6 Å². The van der Waals surface area contributed by atoms with E-state index in [9.17, 15) is 13.2 Å². The molecule has 0 spiro atoms. The largest absolute Gasteiger partial charge is 0.326 e. The van der Waals surface area contributed by atoms with E-state index >= 15 is 0 Å². The highest BCUT2D eigenvalue weighted by Gasteiger charge is 2.15. The van der Waals surface area contributed by atoms with Crippen LogP contribution in [0.4, 0.5) is 11.4 Å². The summed E-state index contributed by atoms with van der Waals surface area (Å²) in [4.78, 5) is 12.3. The van der Waals surface area contributed by atoms with Crippen LogP contribution in [0, 0.1) is 13.8 Å². The number of hydrogen-bond donors (Lipinski definition) is 2. The Balaban J connectivity index is 1.61. The summed E-state index contributed by atoms with van der Waals surface area (Å²) in [5.74, 6) is -0.168. The summed E-state index contributed by atoms with van der Waals surface area (Å²) in [5.41, 5.74) is 4.05. The number of amides is 1. The predicted molar refractivity (Wildman–Crippen MR) is 122 cm³/mol. The zero-order valence-corrected chi connectivity index (χ0v) is 18.3. The molecule has 0 bridgehead atoms. The number of sulfonamides is 1. The van der Waals surface area contributed by atoms with Gasteiger partial charge in [0, 0.05) is 22.8 Å². The molecule has 0 atom stereocenters. The molecule has 0 aliphatic rings. The van der Waals surface area contributed by atoms with Crippen LogP contribution < -0.4 is 10.0 Å². The lowest BCUT2D eigenvalue weighted by Crippen LogP contribution is -2.14. The average Bonchev–Trinajstić information content (AvgIpc) is 2.70. The lowest BCUT2D eigenvalue weighted by molar-refractivity contribution is -0.116. The van der Waals surface area contributed by atoms with Crippen molar-refractivity contribution in [3.63, 3.8) is 0 Å². The minimum atomic E-state index is -3.72. The summed E-state index contributed by atoms with van der Waals surface area (Å²) in [6.45, 7) is 3.89. The van der Waals surface area contributed by atoms with E-state index in [-0.39, 0.29) is 17.2 Å². The van der Waals surface area contributed by atoms with Gasteiger partial charge in [-0.05, 0) is 79.4 Å². The maximum Gasteiger partial charge on any atom is 0.261 e. The molecule has 3 aromatic carbocycles. The van der Waals surface area contributed by atoms with Crippen LogP contribution in [0.3, 0.4) is 0 Å². The zero-order chi connectivity index (χ0) is 21.7. The Morgan fingerprint density at radius 2 is 1.57 bits per heavy atom. The first-order valence-electron chi connectivity index (χ1n) is 9.48. The van der Waals surface area contributed by atoms with Crippen LogP contribution in [0.5, 0.6) is 0 Å². The highest BCUT2D eigenvalue weighted by Crippen LogP contribution is 2.21. The molecular formula is C23H23ClN2O3S. The summed E-state index contributed by atoms with van der Waals surface area (Å²) in [6.07, 6.45) is 0.802. The fraction of sp³-hybridized carbons (Fsp3) is 0.174. The number of halogens is 1. The van der Waals surface area contributed by atoms with Gasteiger partial charge in [-0.3, -0.25) is 9.52 Å².